The van der Waals surface area contributed by atoms with Gasteiger partial charge in [-0.15, -0.1) is 0 Å². The van der Waals surface area contributed by atoms with Gasteiger partial charge in [-0.1, -0.05) is 0 Å². The molecule has 1 aliphatic heterocycles. The topological polar surface area (TPSA) is 41.5 Å². The van der Waals surface area contributed by atoms with Gasteiger partial charge in [0.05, 0.1) is 19.3 Å². The molecular formula is C14H27NO2. The van der Waals surface area contributed by atoms with Gasteiger partial charge in [-0.25, -0.2) is 0 Å². The quantitative estimate of drug-likeness (QED) is 0.773. The fourth-order valence-electron chi connectivity index (χ4n) is 3.35. The number of hydrogen-bond donors (Lipinski definition) is 2. The van der Waals surface area contributed by atoms with E-state index < -0.39 is 0 Å². The van der Waals surface area contributed by atoms with Crippen LogP contribution in [0.25, 0.3) is 0 Å². The first-order valence-corrected chi connectivity index (χ1v) is 7.31. The van der Waals surface area contributed by atoms with E-state index in [-0.39, 0.29) is 6.61 Å². The van der Waals surface area contributed by atoms with Gasteiger partial charge in [0.1, 0.15) is 0 Å². The van der Waals surface area contributed by atoms with E-state index in [1.807, 2.05) is 0 Å². The lowest BCUT2D eigenvalue weighted by Gasteiger charge is -2.32. The Hall–Kier alpha value is -0.120. The molecule has 0 aromatic heterocycles. The Morgan fingerprint density at radius 1 is 1.06 bits per heavy atom. The molecule has 0 aromatic carbocycles. The summed E-state index contributed by atoms with van der Waals surface area (Å²) < 4.78 is 5.61. The monoisotopic (exact) mass is 241 g/mol. The van der Waals surface area contributed by atoms with Gasteiger partial charge in [0.15, 0.2) is 0 Å². The molecule has 1 heterocycles. The summed E-state index contributed by atoms with van der Waals surface area (Å²) in [7, 11) is 0. The second-order valence-electron chi connectivity index (χ2n) is 5.69. The number of aliphatic hydroxyl groups is 1. The van der Waals surface area contributed by atoms with Crippen LogP contribution in [0.15, 0.2) is 0 Å². The average Bonchev–Trinajstić information content (AvgIpc) is 2.39. The van der Waals surface area contributed by atoms with Gasteiger partial charge in [-0.05, 0) is 69.9 Å². The highest BCUT2D eigenvalue weighted by Crippen LogP contribution is 2.32. The third-order valence-corrected chi connectivity index (χ3v) is 4.30. The maximum atomic E-state index is 8.73. The average molecular weight is 241 g/mol. The maximum Gasteiger partial charge on any atom is 0.0701 e. The fourth-order valence-corrected chi connectivity index (χ4v) is 3.35. The molecule has 0 aromatic rings. The first-order chi connectivity index (χ1) is 8.38. The van der Waals surface area contributed by atoms with E-state index in [1.165, 1.54) is 58.0 Å². The summed E-state index contributed by atoms with van der Waals surface area (Å²) in [5.74, 6) is 1.84. The molecule has 3 heteroatoms. The Kier molecular flexibility index (Phi) is 5.75. The van der Waals surface area contributed by atoms with Gasteiger partial charge < -0.3 is 15.2 Å². The van der Waals surface area contributed by atoms with Crippen molar-refractivity contribution >= 4 is 0 Å². The third-order valence-electron chi connectivity index (χ3n) is 4.30. The summed E-state index contributed by atoms with van der Waals surface area (Å²) >= 11 is 0. The van der Waals surface area contributed by atoms with Crippen LogP contribution in [-0.2, 0) is 4.74 Å². The van der Waals surface area contributed by atoms with Crippen molar-refractivity contribution in [2.75, 3.05) is 26.3 Å². The van der Waals surface area contributed by atoms with E-state index in [9.17, 15) is 0 Å². The van der Waals surface area contributed by atoms with E-state index in [0.717, 1.165) is 11.8 Å². The highest BCUT2D eigenvalue weighted by Gasteiger charge is 2.24. The molecule has 2 rings (SSSR count). The van der Waals surface area contributed by atoms with Crippen molar-refractivity contribution in [1.29, 1.82) is 0 Å². The molecule has 0 bridgehead atoms. The first kappa shape index (κ1) is 13.3. The molecule has 1 atom stereocenters. The van der Waals surface area contributed by atoms with E-state index in [1.54, 1.807) is 0 Å². The van der Waals surface area contributed by atoms with Gasteiger partial charge in [0.25, 0.3) is 0 Å². The standard InChI is InChI=1S/C14H27NO2/c16-8-9-17-14-5-3-12(4-6-14)10-13-2-1-7-15-11-13/h12-16H,1-11H2. The van der Waals surface area contributed by atoms with E-state index in [4.69, 9.17) is 9.84 Å². The molecule has 1 saturated heterocycles. The van der Waals surface area contributed by atoms with Crippen molar-refractivity contribution in [3.8, 4) is 0 Å². The minimum absolute atomic E-state index is 0.160. The predicted molar refractivity (Wildman–Crippen MR) is 69.0 cm³/mol. The van der Waals surface area contributed by atoms with Gasteiger partial charge in [0.2, 0.25) is 0 Å². The minimum Gasteiger partial charge on any atom is -0.394 e. The first-order valence-electron chi connectivity index (χ1n) is 7.31. The highest BCUT2D eigenvalue weighted by atomic mass is 16.5. The molecule has 2 aliphatic rings. The SMILES string of the molecule is OCCOC1CCC(CC2CCCNC2)CC1. The molecule has 1 aliphatic carbocycles. The largest absolute Gasteiger partial charge is 0.394 e. The summed E-state index contributed by atoms with van der Waals surface area (Å²) in [4.78, 5) is 0. The second-order valence-corrected chi connectivity index (χ2v) is 5.69. The van der Waals surface area contributed by atoms with Crippen molar-refractivity contribution in [3.05, 3.63) is 0 Å². The van der Waals surface area contributed by atoms with Crippen molar-refractivity contribution in [1.82, 2.24) is 5.32 Å². The van der Waals surface area contributed by atoms with Crippen LogP contribution in [0.3, 0.4) is 0 Å². The zero-order valence-electron chi connectivity index (χ0n) is 10.9. The molecule has 1 unspecified atom stereocenters. The minimum atomic E-state index is 0.160. The molecule has 2 fully saturated rings. The van der Waals surface area contributed by atoms with Crippen molar-refractivity contribution < 1.29 is 9.84 Å². The number of aliphatic hydroxyl groups excluding tert-OH is 1. The van der Waals surface area contributed by atoms with Crippen LogP contribution in [0.5, 0.6) is 0 Å². The fraction of sp³-hybridized carbons (Fsp3) is 1.00. The van der Waals surface area contributed by atoms with Crippen LogP contribution in [-0.4, -0.2) is 37.5 Å². The Morgan fingerprint density at radius 2 is 1.88 bits per heavy atom. The summed E-state index contributed by atoms with van der Waals surface area (Å²) in [5, 5.41) is 12.2. The predicted octanol–water partition coefficient (Wildman–Crippen LogP) is 1.94. The van der Waals surface area contributed by atoms with Crippen molar-refractivity contribution in [2.24, 2.45) is 11.8 Å². The lowest BCUT2D eigenvalue weighted by atomic mass is 9.80. The summed E-state index contributed by atoms with van der Waals surface area (Å²) in [6, 6.07) is 0. The summed E-state index contributed by atoms with van der Waals surface area (Å²) in [5.41, 5.74) is 0. The van der Waals surface area contributed by atoms with E-state index >= 15 is 0 Å². The van der Waals surface area contributed by atoms with Gasteiger partial charge >= 0.3 is 0 Å². The van der Waals surface area contributed by atoms with E-state index in [0.29, 0.717) is 12.7 Å². The third kappa shape index (κ3) is 4.57. The van der Waals surface area contributed by atoms with Gasteiger partial charge in [0, 0.05) is 0 Å². The highest BCUT2D eigenvalue weighted by molar-refractivity contribution is 4.78. The van der Waals surface area contributed by atoms with Gasteiger partial charge in [-0.3, -0.25) is 0 Å². The zero-order valence-corrected chi connectivity index (χ0v) is 10.9. The van der Waals surface area contributed by atoms with Gasteiger partial charge in [-0.2, -0.15) is 0 Å². The number of rotatable bonds is 5. The Morgan fingerprint density at radius 3 is 2.53 bits per heavy atom. The number of piperidine rings is 1. The number of ether oxygens (including phenoxy) is 1. The smallest absolute Gasteiger partial charge is 0.0701 e. The molecule has 17 heavy (non-hydrogen) atoms. The second kappa shape index (κ2) is 7.34. The molecule has 3 nitrogen and oxygen atoms in total. The number of hydrogen-bond acceptors (Lipinski definition) is 3. The molecular weight excluding hydrogens is 214 g/mol. The Balaban J connectivity index is 1.61. The lowest BCUT2D eigenvalue weighted by Crippen LogP contribution is -2.32. The van der Waals surface area contributed by atoms with Crippen molar-refractivity contribution in [2.45, 2.75) is 51.0 Å². The number of nitrogens with one attached hydrogen (secondary N) is 1. The van der Waals surface area contributed by atoms with Crippen LogP contribution < -0.4 is 5.32 Å². The molecule has 0 amide bonds. The lowest BCUT2D eigenvalue weighted by molar-refractivity contribution is -0.00174. The molecule has 0 spiro atoms. The molecule has 2 N–H and O–H groups in total. The van der Waals surface area contributed by atoms with Crippen LogP contribution in [0, 0.1) is 11.8 Å². The Bertz CT molecular complexity index is 196. The maximum absolute atomic E-state index is 8.73. The molecule has 100 valence electrons. The Labute approximate surface area is 105 Å². The summed E-state index contributed by atoms with van der Waals surface area (Å²) in [6.07, 6.45) is 9.67. The van der Waals surface area contributed by atoms with Crippen LogP contribution in [0.4, 0.5) is 0 Å². The zero-order chi connectivity index (χ0) is 11.9. The van der Waals surface area contributed by atoms with Crippen LogP contribution in [0.2, 0.25) is 0 Å². The molecule has 0 radical (unpaired) electrons. The van der Waals surface area contributed by atoms with Crippen LogP contribution in [0.1, 0.15) is 44.9 Å². The summed E-state index contributed by atoms with van der Waals surface area (Å²) in [6.45, 7) is 3.13. The molecule has 1 saturated carbocycles. The van der Waals surface area contributed by atoms with E-state index in [2.05, 4.69) is 5.32 Å². The van der Waals surface area contributed by atoms with Crippen molar-refractivity contribution in [3.63, 3.8) is 0 Å². The van der Waals surface area contributed by atoms with Crippen LogP contribution >= 0.6 is 0 Å². The normalized spacial score (nSPS) is 34.8.